The molecule has 2 saturated carbocycles. The molecule has 0 heterocycles. The van der Waals surface area contributed by atoms with Crippen molar-refractivity contribution < 1.29 is 25.2 Å². The van der Waals surface area contributed by atoms with Crippen molar-refractivity contribution in [1.29, 1.82) is 0 Å². The van der Waals surface area contributed by atoms with E-state index in [-0.39, 0.29) is 28.3 Å². The molecule has 0 aromatic heterocycles. The van der Waals surface area contributed by atoms with E-state index in [1.54, 1.807) is 6.92 Å². The van der Waals surface area contributed by atoms with Crippen LogP contribution in [0, 0.1) is 39.4 Å². The maximum atomic E-state index is 11.7. The molecule has 198 valence electrons. The maximum absolute atomic E-state index is 11.7. The zero-order valence-corrected chi connectivity index (χ0v) is 22.9. The van der Waals surface area contributed by atoms with E-state index in [4.69, 9.17) is 5.11 Å². The average Bonchev–Trinajstić information content (AvgIpc) is 2.99. The van der Waals surface area contributed by atoms with Gasteiger partial charge in [-0.1, -0.05) is 53.2 Å². The Morgan fingerprint density at radius 2 is 1.71 bits per heavy atom. The van der Waals surface area contributed by atoms with Crippen molar-refractivity contribution in [2.45, 2.75) is 118 Å². The molecule has 0 aromatic rings. The third-order valence-corrected chi connectivity index (χ3v) is 12.0. The lowest BCUT2D eigenvalue weighted by atomic mass is 9.42. The zero-order valence-electron chi connectivity index (χ0n) is 22.9. The molecule has 0 radical (unpaired) electrons. The fourth-order valence-electron chi connectivity index (χ4n) is 9.42. The van der Waals surface area contributed by atoms with Gasteiger partial charge in [0.1, 0.15) is 0 Å². The Hall–Kier alpha value is -1.17. The van der Waals surface area contributed by atoms with E-state index in [2.05, 4.69) is 41.5 Å². The van der Waals surface area contributed by atoms with Crippen molar-refractivity contribution in [3.8, 4) is 0 Å². The Kier molecular flexibility index (Phi) is 6.68. The lowest BCUT2D eigenvalue weighted by Gasteiger charge is -2.63. The Morgan fingerprint density at radius 1 is 1.06 bits per heavy atom. The first-order chi connectivity index (χ1) is 16.1. The largest absolute Gasteiger partial charge is 0.478 e. The van der Waals surface area contributed by atoms with E-state index >= 15 is 0 Å². The summed E-state index contributed by atoms with van der Waals surface area (Å²) < 4.78 is 0. The fourth-order valence-corrected chi connectivity index (χ4v) is 9.42. The predicted molar refractivity (Wildman–Crippen MR) is 138 cm³/mol. The summed E-state index contributed by atoms with van der Waals surface area (Å²) in [6.07, 6.45) is 7.06. The van der Waals surface area contributed by atoms with E-state index in [0.717, 1.165) is 50.5 Å². The second-order valence-electron chi connectivity index (χ2n) is 13.7. The predicted octanol–water partition coefficient (Wildman–Crippen LogP) is 5.49. The Balaban J connectivity index is 1.69. The first kappa shape index (κ1) is 26.9. The van der Waals surface area contributed by atoms with Crippen LogP contribution in [0.2, 0.25) is 0 Å². The average molecular weight is 489 g/mol. The number of carbonyl (C=O) groups is 1. The van der Waals surface area contributed by atoms with Gasteiger partial charge in [-0.2, -0.15) is 0 Å². The van der Waals surface area contributed by atoms with Crippen molar-refractivity contribution in [2.24, 2.45) is 39.4 Å². The van der Waals surface area contributed by atoms with Crippen molar-refractivity contribution in [2.75, 3.05) is 0 Å². The minimum Gasteiger partial charge on any atom is -0.478 e. The van der Waals surface area contributed by atoms with Crippen LogP contribution in [0.15, 0.2) is 22.8 Å². The van der Waals surface area contributed by atoms with Crippen LogP contribution in [-0.2, 0) is 4.79 Å². The van der Waals surface area contributed by atoms with Crippen LogP contribution in [0.1, 0.15) is 99.8 Å². The van der Waals surface area contributed by atoms with E-state index in [9.17, 15) is 20.1 Å². The van der Waals surface area contributed by atoms with Crippen LogP contribution in [0.5, 0.6) is 0 Å². The first-order valence-electron chi connectivity index (χ1n) is 13.8. The van der Waals surface area contributed by atoms with Gasteiger partial charge in [-0.3, -0.25) is 0 Å². The highest BCUT2D eigenvalue weighted by molar-refractivity contribution is 5.85. The minimum atomic E-state index is -0.864. The van der Waals surface area contributed by atoms with Gasteiger partial charge in [0.2, 0.25) is 0 Å². The molecule has 0 saturated heterocycles. The molecule has 0 spiro atoms. The first-order valence-corrected chi connectivity index (χ1v) is 13.8. The second-order valence-corrected chi connectivity index (χ2v) is 13.7. The summed E-state index contributed by atoms with van der Waals surface area (Å²) in [6, 6.07) is 0. The van der Waals surface area contributed by atoms with Gasteiger partial charge in [0.25, 0.3) is 0 Å². The van der Waals surface area contributed by atoms with Gasteiger partial charge in [-0.25, -0.2) is 4.79 Å². The van der Waals surface area contributed by atoms with E-state index in [1.807, 2.05) is 6.08 Å². The van der Waals surface area contributed by atoms with Crippen LogP contribution < -0.4 is 0 Å². The number of allylic oxidation sites excluding steroid dienone is 2. The number of aliphatic hydroxyl groups excluding tert-OH is 3. The Bertz CT molecular complexity index is 933. The van der Waals surface area contributed by atoms with Gasteiger partial charge >= 0.3 is 5.97 Å². The number of carboxylic acids is 1. The van der Waals surface area contributed by atoms with Crippen molar-refractivity contribution >= 4 is 5.97 Å². The SMILES string of the molecule is C/C(=C/CC[C@@H](C)[C@H]1C[C@H](O)[C@@]2(C)C3=C(CC[C@]12C)[C@]1(C)CC[C@@H](O)C(C)(C)[C@H]1C[C@H]3O)C(=O)O. The summed E-state index contributed by atoms with van der Waals surface area (Å²) in [5.74, 6) is 0.0245. The number of carboxylic acid groups (broad SMARTS) is 1. The molecule has 5 nitrogen and oxygen atoms in total. The molecule has 4 aliphatic carbocycles. The van der Waals surface area contributed by atoms with Crippen LogP contribution in [-0.4, -0.2) is 44.7 Å². The molecule has 4 N–H and O–H groups in total. The summed E-state index contributed by atoms with van der Waals surface area (Å²) in [6.45, 7) is 15.1. The standard InChI is InChI=1S/C30H48O5/c1-17(9-8-10-18(2)26(34)35)20-15-24(33)30(7)25-19(11-14-29(20,30)6)28(5)13-12-23(32)27(3,4)22(28)16-21(25)31/h10,17,20-24,31-33H,8-9,11-16H2,1-7H3,(H,34,35)/b18-10-/t17-,20-,21-,22-,23-,24+,28+,29-,30+/m1/s1. The number of aliphatic hydroxyl groups is 3. The number of aliphatic carboxylic acids is 1. The van der Waals surface area contributed by atoms with Crippen LogP contribution >= 0.6 is 0 Å². The number of rotatable bonds is 5. The molecule has 0 aliphatic heterocycles. The quantitative estimate of drug-likeness (QED) is 0.303. The molecule has 0 bridgehead atoms. The lowest BCUT2D eigenvalue weighted by Crippen LogP contribution is -2.59. The monoisotopic (exact) mass is 488 g/mol. The molecule has 0 amide bonds. The molecule has 4 rings (SSSR count). The molecular weight excluding hydrogens is 440 g/mol. The number of hydrogen-bond acceptors (Lipinski definition) is 4. The molecule has 35 heavy (non-hydrogen) atoms. The summed E-state index contributed by atoms with van der Waals surface area (Å²) >= 11 is 0. The fraction of sp³-hybridized carbons (Fsp3) is 0.833. The van der Waals surface area contributed by atoms with Gasteiger partial charge in [0.15, 0.2) is 0 Å². The van der Waals surface area contributed by atoms with E-state index in [1.165, 1.54) is 5.57 Å². The molecule has 0 aromatic carbocycles. The number of hydrogen-bond donors (Lipinski definition) is 4. The van der Waals surface area contributed by atoms with Gasteiger partial charge in [0.05, 0.1) is 18.3 Å². The molecule has 2 fully saturated rings. The van der Waals surface area contributed by atoms with E-state index < -0.39 is 23.6 Å². The van der Waals surface area contributed by atoms with Crippen molar-refractivity contribution in [1.82, 2.24) is 0 Å². The highest BCUT2D eigenvalue weighted by Crippen LogP contribution is 2.72. The Morgan fingerprint density at radius 3 is 2.34 bits per heavy atom. The van der Waals surface area contributed by atoms with Gasteiger partial charge in [0, 0.05) is 11.0 Å². The topological polar surface area (TPSA) is 98.0 Å². The zero-order chi connectivity index (χ0) is 26.1. The maximum Gasteiger partial charge on any atom is 0.330 e. The number of fused-ring (bicyclic) bond motifs is 4. The van der Waals surface area contributed by atoms with Crippen LogP contribution in [0.4, 0.5) is 0 Å². The third kappa shape index (κ3) is 3.70. The van der Waals surface area contributed by atoms with Crippen molar-refractivity contribution in [3.05, 3.63) is 22.8 Å². The minimum absolute atomic E-state index is 0.0514. The lowest BCUT2D eigenvalue weighted by molar-refractivity contribution is -0.132. The normalized spacial score (nSPS) is 46.0. The second kappa shape index (κ2) is 8.70. The molecule has 0 unspecified atom stereocenters. The van der Waals surface area contributed by atoms with Gasteiger partial charge in [-0.15, -0.1) is 0 Å². The van der Waals surface area contributed by atoms with Crippen molar-refractivity contribution in [3.63, 3.8) is 0 Å². The smallest absolute Gasteiger partial charge is 0.330 e. The highest BCUT2D eigenvalue weighted by Gasteiger charge is 2.67. The summed E-state index contributed by atoms with van der Waals surface area (Å²) in [4.78, 5) is 11.2. The summed E-state index contributed by atoms with van der Waals surface area (Å²) in [7, 11) is 0. The van der Waals surface area contributed by atoms with E-state index in [0.29, 0.717) is 23.8 Å². The molecular formula is C30H48O5. The summed E-state index contributed by atoms with van der Waals surface area (Å²) in [5.41, 5.74) is 1.98. The molecule has 4 aliphatic rings. The molecule has 9 atom stereocenters. The van der Waals surface area contributed by atoms with Gasteiger partial charge in [-0.05, 0) is 97.9 Å². The third-order valence-electron chi connectivity index (χ3n) is 12.0. The summed E-state index contributed by atoms with van der Waals surface area (Å²) in [5, 5.41) is 43.3. The highest BCUT2D eigenvalue weighted by atomic mass is 16.4. The van der Waals surface area contributed by atoms with Crippen LogP contribution in [0.3, 0.4) is 0 Å². The van der Waals surface area contributed by atoms with Crippen LogP contribution in [0.25, 0.3) is 0 Å². The Labute approximate surface area is 211 Å². The molecule has 5 heteroatoms. The van der Waals surface area contributed by atoms with Gasteiger partial charge < -0.3 is 20.4 Å².